The summed E-state index contributed by atoms with van der Waals surface area (Å²) >= 11 is 0. The van der Waals surface area contributed by atoms with E-state index in [4.69, 9.17) is 9.47 Å². The number of unbranched alkanes of at least 4 members (excludes halogenated alkanes) is 10. The third kappa shape index (κ3) is 12.6. The number of quaternary nitrogens is 1. The molecule has 0 fully saturated rings. The Morgan fingerprint density at radius 2 is 1.35 bits per heavy atom. The standard InChI is InChI=1S/C33H52NO3/c1-5-7-8-9-10-11-12-13-14-15-17-21-29-24-20-25-31(26-29)36-28-37-33(35)32(6-2)34(3,4)27-30-22-18-16-19-23-30/h16,18-20,22-26,32H,5-15,17,21,27-28H2,1-4H3/q+1. The smallest absolute Gasteiger partial charge is 0.367 e. The van der Waals surface area contributed by atoms with Gasteiger partial charge in [0, 0.05) is 12.0 Å². The average Bonchev–Trinajstić information content (AvgIpc) is 2.88. The number of carbonyl (C=O) groups excluding carboxylic acids is 1. The molecule has 206 valence electrons. The second-order valence-corrected chi connectivity index (χ2v) is 11.0. The first-order chi connectivity index (χ1) is 18.0. The van der Waals surface area contributed by atoms with E-state index in [0.29, 0.717) is 10.9 Å². The van der Waals surface area contributed by atoms with Crippen LogP contribution in [0, 0.1) is 0 Å². The van der Waals surface area contributed by atoms with Gasteiger partial charge < -0.3 is 14.0 Å². The highest BCUT2D eigenvalue weighted by molar-refractivity contribution is 5.74. The van der Waals surface area contributed by atoms with Crippen LogP contribution in [0.15, 0.2) is 54.6 Å². The van der Waals surface area contributed by atoms with Crippen molar-refractivity contribution in [2.45, 2.75) is 110 Å². The molecule has 0 saturated carbocycles. The third-order valence-corrected chi connectivity index (χ3v) is 7.33. The quantitative estimate of drug-likeness (QED) is 0.0775. The number of likely N-dealkylation sites (N-methyl/N-ethyl adjacent to an activating group) is 1. The van der Waals surface area contributed by atoms with Crippen LogP contribution in [0.5, 0.6) is 5.75 Å². The highest BCUT2D eigenvalue weighted by atomic mass is 16.7. The molecule has 4 nitrogen and oxygen atoms in total. The van der Waals surface area contributed by atoms with E-state index in [1.165, 1.54) is 81.8 Å². The van der Waals surface area contributed by atoms with Crippen LogP contribution in [0.25, 0.3) is 0 Å². The summed E-state index contributed by atoms with van der Waals surface area (Å²) in [5.74, 6) is 0.556. The summed E-state index contributed by atoms with van der Waals surface area (Å²) < 4.78 is 11.9. The minimum atomic E-state index is -0.240. The number of aryl methyl sites for hydroxylation is 1. The number of rotatable bonds is 20. The third-order valence-electron chi connectivity index (χ3n) is 7.33. The van der Waals surface area contributed by atoms with Crippen LogP contribution in [-0.4, -0.2) is 37.4 Å². The number of esters is 1. The minimum absolute atomic E-state index is 0.0530. The maximum absolute atomic E-state index is 12.9. The highest BCUT2D eigenvalue weighted by Crippen LogP contribution is 2.20. The van der Waals surface area contributed by atoms with Crippen molar-refractivity contribution in [3.8, 4) is 5.75 Å². The molecule has 0 radical (unpaired) electrons. The molecule has 0 N–H and O–H groups in total. The van der Waals surface area contributed by atoms with Crippen molar-refractivity contribution in [2.75, 3.05) is 20.9 Å². The van der Waals surface area contributed by atoms with Crippen LogP contribution in [0.1, 0.15) is 102 Å². The van der Waals surface area contributed by atoms with Gasteiger partial charge in [0.25, 0.3) is 0 Å². The van der Waals surface area contributed by atoms with Crippen LogP contribution in [0.3, 0.4) is 0 Å². The van der Waals surface area contributed by atoms with Crippen molar-refractivity contribution in [3.05, 3.63) is 65.7 Å². The average molecular weight is 511 g/mol. The zero-order chi connectivity index (χ0) is 26.8. The first-order valence-corrected chi connectivity index (χ1v) is 14.7. The van der Waals surface area contributed by atoms with Crippen LogP contribution in [0.2, 0.25) is 0 Å². The summed E-state index contributed by atoms with van der Waals surface area (Å²) in [5.41, 5.74) is 2.50. The number of ether oxygens (including phenoxy) is 2. The van der Waals surface area contributed by atoms with E-state index in [-0.39, 0.29) is 18.8 Å². The van der Waals surface area contributed by atoms with E-state index >= 15 is 0 Å². The molecular weight excluding hydrogens is 458 g/mol. The van der Waals surface area contributed by atoms with E-state index in [1.54, 1.807) is 0 Å². The number of nitrogens with zero attached hydrogens (tertiary/aromatic N) is 1. The van der Waals surface area contributed by atoms with E-state index in [9.17, 15) is 4.79 Å². The summed E-state index contributed by atoms with van der Waals surface area (Å²) in [6, 6.07) is 18.2. The fraction of sp³-hybridized carbons (Fsp3) is 0.606. The van der Waals surface area contributed by atoms with Gasteiger partial charge in [-0.2, -0.15) is 0 Å². The van der Waals surface area contributed by atoms with Crippen LogP contribution >= 0.6 is 0 Å². The van der Waals surface area contributed by atoms with Crippen molar-refractivity contribution >= 4 is 5.97 Å². The summed E-state index contributed by atoms with van der Waals surface area (Å²) in [5, 5.41) is 0. The predicted molar refractivity (Wildman–Crippen MR) is 155 cm³/mol. The predicted octanol–water partition coefficient (Wildman–Crippen LogP) is 8.47. The molecule has 0 heterocycles. The molecule has 0 aliphatic carbocycles. The molecule has 2 aromatic rings. The molecule has 2 rings (SSSR count). The second-order valence-electron chi connectivity index (χ2n) is 11.0. The summed E-state index contributed by atoms with van der Waals surface area (Å²) in [7, 11) is 4.17. The SMILES string of the molecule is CCCCCCCCCCCCCc1cccc(OCOC(=O)C(CC)[N+](C)(C)Cc2ccccc2)c1. The lowest BCUT2D eigenvalue weighted by atomic mass is 10.0. The molecule has 0 aromatic heterocycles. The molecule has 4 heteroatoms. The fourth-order valence-electron chi connectivity index (χ4n) is 5.15. The van der Waals surface area contributed by atoms with Gasteiger partial charge in [-0.05, 0) is 30.5 Å². The van der Waals surface area contributed by atoms with Crippen LogP contribution in [0.4, 0.5) is 0 Å². The molecule has 37 heavy (non-hydrogen) atoms. The first-order valence-electron chi connectivity index (χ1n) is 14.7. The Morgan fingerprint density at radius 1 is 0.757 bits per heavy atom. The molecule has 0 amide bonds. The lowest BCUT2D eigenvalue weighted by molar-refractivity contribution is -0.919. The normalized spacial score (nSPS) is 12.3. The molecule has 0 bridgehead atoms. The molecule has 0 aliphatic heterocycles. The lowest BCUT2D eigenvalue weighted by Crippen LogP contribution is -2.52. The van der Waals surface area contributed by atoms with Crippen molar-refractivity contribution in [1.82, 2.24) is 0 Å². The topological polar surface area (TPSA) is 35.5 Å². The van der Waals surface area contributed by atoms with E-state index < -0.39 is 0 Å². The largest absolute Gasteiger partial charge is 0.457 e. The minimum Gasteiger partial charge on any atom is -0.457 e. The van der Waals surface area contributed by atoms with Gasteiger partial charge in [-0.25, -0.2) is 4.79 Å². The Hall–Kier alpha value is -2.33. The lowest BCUT2D eigenvalue weighted by Gasteiger charge is -2.36. The van der Waals surface area contributed by atoms with Gasteiger partial charge in [0.15, 0.2) is 6.04 Å². The molecular formula is C33H52NO3+. The molecule has 0 aliphatic rings. The van der Waals surface area contributed by atoms with E-state index in [0.717, 1.165) is 18.7 Å². The molecule has 0 spiro atoms. The monoisotopic (exact) mass is 510 g/mol. The Labute approximate surface area is 227 Å². The zero-order valence-electron chi connectivity index (χ0n) is 24.1. The molecule has 2 aromatic carbocycles. The van der Waals surface area contributed by atoms with Crippen molar-refractivity contribution < 1.29 is 18.8 Å². The van der Waals surface area contributed by atoms with Crippen LogP contribution < -0.4 is 4.74 Å². The van der Waals surface area contributed by atoms with Gasteiger partial charge in [0.05, 0.1) is 14.1 Å². The number of benzene rings is 2. The van der Waals surface area contributed by atoms with Gasteiger partial charge in [-0.1, -0.05) is 121 Å². The van der Waals surface area contributed by atoms with Crippen molar-refractivity contribution in [1.29, 1.82) is 0 Å². The van der Waals surface area contributed by atoms with Crippen molar-refractivity contribution in [3.63, 3.8) is 0 Å². The van der Waals surface area contributed by atoms with E-state index in [2.05, 4.69) is 45.3 Å². The summed E-state index contributed by atoms with van der Waals surface area (Å²) in [6.45, 7) is 5.03. The molecule has 1 unspecified atom stereocenters. The van der Waals surface area contributed by atoms with Gasteiger partial charge >= 0.3 is 5.97 Å². The fourth-order valence-corrected chi connectivity index (χ4v) is 5.15. The number of carbonyl (C=O) groups is 1. The number of hydrogen-bond acceptors (Lipinski definition) is 3. The Morgan fingerprint density at radius 3 is 1.97 bits per heavy atom. The van der Waals surface area contributed by atoms with Crippen LogP contribution in [-0.2, 0) is 22.5 Å². The second kappa shape index (κ2) is 18.0. The summed E-state index contributed by atoms with van der Waals surface area (Å²) in [4.78, 5) is 12.9. The van der Waals surface area contributed by atoms with Gasteiger partial charge in [-0.15, -0.1) is 0 Å². The molecule has 1 atom stereocenters. The Balaban J connectivity index is 1.65. The van der Waals surface area contributed by atoms with E-state index in [1.807, 2.05) is 37.3 Å². The maximum atomic E-state index is 12.9. The summed E-state index contributed by atoms with van der Waals surface area (Å²) in [6.07, 6.45) is 16.7. The van der Waals surface area contributed by atoms with Gasteiger partial charge in [-0.3, -0.25) is 0 Å². The van der Waals surface area contributed by atoms with Crippen molar-refractivity contribution in [2.24, 2.45) is 0 Å². The maximum Gasteiger partial charge on any atom is 0.367 e. The molecule has 0 saturated heterocycles. The zero-order valence-corrected chi connectivity index (χ0v) is 24.1. The van der Waals surface area contributed by atoms with Gasteiger partial charge in [0.2, 0.25) is 6.79 Å². The Kier molecular flexibility index (Phi) is 15.0. The van der Waals surface area contributed by atoms with Gasteiger partial charge in [0.1, 0.15) is 12.3 Å². The number of hydrogen-bond donors (Lipinski definition) is 0. The Bertz CT molecular complexity index is 865. The first kappa shape index (κ1) is 30.9. The highest BCUT2D eigenvalue weighted by Gasteiger charge is 2.35.